The van der Waals surface area contributed by atoms with Gasteiger partial charge < -0.3 is 10.3 Å². The molecule has 1 aromatic heterocycles. The Kier molecular flexibility index (Phi) is 5.10. The molecular formula is C26H16ClF3N2O. The molecule has 0 fully saturated rings. The lowest BCUT2D eigenvalue weighted by Crippen LogP contribution is -2.11. The first-order valence-corrected chi connectivity index (χ1v) is 10.5. The van der Waals surface area contributed by atoms with Gasteiger partial charge in [0, 0.05) is 33.0 Å². The standard InChI is InChI=1S/C26H16ClF3N2O/c27-17-7-4-14(5-8-17)15-6-9-19-23(11-15)32(13-16-10-18(28)12-21(29)25(16)30)22-3-1-2-20(24(19)22)26(31)33/h1-12H,13H2,(H2,31,33). The largest absolute Gasteiger partial charge is 0.366 e. The number of nitrogens with two attached hydrogens (primary N) is 1. The van der Waals surface area contributed by atoms with Crippen molar-refractivity contribution in [2.75, 3.05) is 0 Å². The topological polar surface area (TPSA) is 48.0 Å². The summed E-state index contributed by atoms with van der Waals surface area (Å²) in [5, 5.41) is 1.91. The summed E-state index contributed by atoms with van der Waals surface area (Å²) < 4.78 is 44.0. The van der Waals surface area contributed by atoms with E-state index in [-0.39, 0.29) is 12.1 Å². The Morgan fingerprint density at radius 1 is 0.879 bits per heavy atom. The second-order valence-electron chi connectivity index (χ2n) is 7.75. The monoisotopic (exact) mass is 464 g/mol. The Hall–Kier alpha value is -3.77. The first kappa shape index (κ1) is 21.1. The van der Waals surface area contributed by atoms with Crippen LogP contribution in [0.2, 0.25) is 5.02 Å². The number of aromatic nitrogens is 1. The van der Waals surface area contributed by atoms with E-state index in [1.165, 1.54) is 0 Å². The van der Waals surface area contributed by atoms with Gasteiger partial charge in [-0.05, 0) is 47.5 Å². The molecule has 0 bridgehead atoms. The first-order valence-electron chi connectivity index (χ1n) is 10.1. The summed E-state index contributed by atoms with van der Waals surface area (Å²) in [6, 6.07) is 19.4. The molecule has 5 rings (SSSR count). The summed E-state index contributed by atoms with van der Waals surface area (Å²) in [7, 11) is 0. The van der Waals surface area contributed by atoms with E-state index in [1.54, 1.807) is 34.9 Å². The maximum atomic E-state index is 14.5. The Morgan fingerprint density at radius 3 is 2.33 bits per heavy atom. The van der Waals surface area contributed by atoms with Gasteiger partial charge in [-0.1, -0.05) is 41.9 Å². The minimum absolute atomic E-state index is 0.146. The second kappa shape index (κ2) is 7.98. The van der Waals surface area contributed by atoms with E-state index in [1.807, 2.05) is 30.3 Å². The van der Waals surface area contributed by atoms with Crippen molar-refractivity contribution in [3.05, 3.63) is 106 Å². The van der Waals surface area contributed by atoms with Crippen LogP contribution >= 0.6 is 11.6 Å². The molecule has 2 N–H and O–H groups in total. The highest BCUT2D eigenvalue weighted by Gasteiger charge is 2.19. The molecule has 0 aliphatic rings. The lowest BCUT2D eigenvalue weighted by molar-refractivity contribution is 0.100. The van der Waals surface area contributed by atoms with Gasteiger partial charge in [-0.15, -0.1) is 0 Å². The average Bonchev–Trinajstić information content (AvgIpc) is 3.10. The minimum atomic E-state index is -1.26. The molecule has 3 nitrogen and oxygen atoms in total. The third-order valence-electron chi connectivity index (χ3n) is 5.73. The minimum Gasteiger partial charge on any atom is -0.366 e. The lowest BCUT2D eigenvalue weighted by Gasteiger charge is -2.11. The van der Waals surface area contributed by atoms with E-state index in [0.717, 1.165) is 22.6 Å². The molecule has 0 aliphatic heterocycles. The number of halogens is 4. The van der Waals surface area contributed by atoms with E-state index in [4.69, 9.17) is 17.3 Å². The number of hydrogen-bond acceptors (Lipinski definition) is 1. The van der Waals surface area contributed by atoms with Gasteiger partial charge in [-0.3, -0.25) is 4.79 Å². The molecule has 0 atom stereocenters. The third-order valence-corrected chi connectivity index (χ3v) is 5.98. The third kappa shape index (κ3) is 3.62. The maximum absolute atomic E-state index is 14.5. The molecule has 7 heteroatoms. The van der Waals surface area contributed by atoms with Crippen LogP contribution in [0.4, 0.5) is 13.2 Å². The van der Waals surface area contributed by atoms with E-state index in [0.29, 0.717) is 33.1 Å². The van der Waals surface area contributed by atoms with Crippen LogP contribution < -0.4 is 5.73 Å². The maximum Gasteiger partial charge on any atom is 0.249 e. The number of hydrogen-bond donors (Lipinski definition) is 1. The molecule has 1 heterocycles. The Balaban J connectivity index is 1.81. The van der Waals surface area contributed by atoms with Crippen LogP contribution in [0, 0.1) is 17.5 Å². The van der Waals surface area contributed by atoms with Gasteiger partial charge in [0.05, 0.1) is 17.6 Å². The Bertz CT molecular complexity index is 1560. The van der Waals surface area contributed by atoms with E-state index in [2.05, 4.69) is 0 Å². The smallest absolute Gasteiger partial charge is 0.249 e. The van der Waals surface area contributed by atoms with Crippen molar-refractivity contribution >= 4 is 39.3 Å². The Morgan fingerprint density at radius 2 is 1.61 bits per heavy atom. The fraction of sp³-hybridized carbons (Fsp3) is 0.0385. The quantitative estimate of drug-likeness (QED) is 0.296. The lowest BCUT2D eigenvalue weighted by atomic mass is 10.0. The van der Waals surface area contributed by atoms with Gasteiger partial charge in [0.1, 0.15) is 5.82 Å². The van der Waals surface area contributed by atoms with E-state index in [9.17, 15) is 18.0 Å². The van der Waals surface area contributed by atoms with Crippen LogP contribution in [-0.2, 0) is 6.54 Å². The summed E-state index contributed by atoms with van der Waals surface area (Å²) in [6.45, 7) is -0.146. The fourth-order valence-electron chi connectivity index (χ4n) is 4.24. The number of amides is 1. The molecule has 0 unspecified atom stereocenters. The molecule has 0 saturated carbocycles. The highest BCUT2D eigenvalue weighted by Crippen LogP contribution is 2.35. The van der Waals surface area contributed by atoms with Crippen molar-refractivity contribution < 1.29 is 18.0 Å². The Labute approximate surface area is 191 Å². The van der Waals surface area contributed by atoms with E-state index >= 15 is 0 Å². The molecule has 33 heavy (non-hydrogen) atoms. The van der Waals surface area contributed by atoms with Crippen LogP contribution in [0.3, 0.4) is 0 Å². The molecular weight excluding hydrogens is 449 g/mol. The number of primary amides is 1. The number of rotatable bonds is 4. The van der Waals surface area contributed by atoms with Crippen LogP contribution in [-0.4, -0.2) is 10.5 Å². The normalized spacial score (nSPS) is 11.4. The van der Waals surface area contributed by atoms with Crippen molar-refractivity contribution in [3.63, 3.8) is 0 Å². The summed E-state index contributed by atoms with van der Waals surface area (Å²) in [6.07, 6.45) is 0. The first-order chi connectivity index (χ1) is 15.8. The second-order valence-corrected chi connectivity index (χ2v) is 8.19. The molecule has 0 radical (unpaired) electrons. The van der Waals surface area contributed by atoms with Crippen molar-refractivity contribution in [3.8, 4) is 11.1 Å². The van der Waals surface area contributed by atoms with Gasteiger partial charge in [-0.25, -0.2) is 13.2 Å². The highest BCUT2D eigenvalue weighted by molar-refractivity contribution is 6.30. The molecule has 0 spiro atoms. The van der Waals surface area contributed by atoms with Crippen molar-refractivity contribution in [1.29, 1.82) is 0 Å². The highest BCUT2D eigenvalue weighted by atomic mass is 35.5. The van der Waals surface area contributed by atoms with Gasteiger partial charge in [0.25, 0.3) is 0 Å². The fourth-order valence-corrected chi connectivity index (χ4v) is 4.36. The van der Waals surface area contributed by atoms with Crippen LogP contribution in [0.1, 0.15) is 15.9 Å². The van der Waals surface area contributed by atoms with Crippen molar-refractivity contribution in [1.82, 2.24) is 4.57 Å². The molecule has 0 saturated heterocycles. The number of carbonyl (C=O) groups is 1. The molecule has 0 aliphatic carbocycles. The zero-order valence-corrected chi connectivity index (χ0v) is 17.8. The number of fused-ring (bicyclic) bond motifs is 3. The summed E-state index contributed by atoms with van der Waals surface area (Å²) in [5.41, 5.74) is 8.79. The van der Waals surface area contributed by atoms with Crippen LogP contribution in [0.25, 0.3) is 32.9 Å². The van der Waals surface area contributed by atoms with Crippen LogP contribution in [0.5, 0.6) is 0 Å². The van der Waals surface area contributed by atoms with Gasteiger partial charge in [-0.2, -0.15) is 0 Å². The number of benzene rings is 4. The van der Waals surface area contributed by atoms with Gasteiger partial charge >= 0.3 is 0 Å². The average molecular weight is 465 g/mol. The zero-order chi connectivity index (χ0) is 23.3. The summed E-state index contributed by atoms with van der Waals surface area (Å²) in [5.74, 6) is -3.86. The van der Waals surface area contributed by atoms with Gasteiger partial charge in [0.2, 0.25) is 5.91 Å². The number of nitrogens with zero attached hydrogens (tertiary/aromatic N) is 1. The summed E-state index contributed by atoms with van der Waals surface area (Å²) >= 11 is 6.01. The predicted octanol–water partition coefficient (Wildman–Crippen LogP) is 6.68. The number of carbonyl (C=O) groups excluding carboxylic acids is 1. The van der Waals surface area contributed by atoms with Gasteiger partial charge in [0.15, 0.2) is 11.6 Å². The predicted molar refractivity (Wildman–Crippen MR) is 124 cm³/mol. The molecule has 1 amide bonds. The SMILES string of the molecule is NC(=O)c1cccc2c1c1ccc(-c3ccc(Cl)cc3)cc1n2Cc1cc(F)cc(F)c1F. The zero-order valence-electron chi connectivity index (χ0n) is 17.1. The van der Waals surface area contributed by atoms with Crippen molar-refractivity contribution in [2.24, 2.45) is 5.73 Å². The molecule has 4 aromatic carbocycles. The van der Waals surface area contributed by atoms with Crippen molar-refractivity contribution in [2.45, 2.75) is 6.54 Å². The molecule has 164 valence electrons. The summed E-state index contributed by atoms with van der Waals surface area (Å²) in [4.78, 5) is 12.1. The van der Waals surface area contributed by atoms with Crippen LogP contribution in [0.15, 0.2) is 72.8 Å². The molecule has 5 aromatic rings. The van der Waals surface area contributed by atoms with E-state index < -0.39 is 23.4 Å².